The minimum absolute atomic E-state index is 0.333. The van der Waals surface area contributed by atoms with E-state index in [0.717, 1.165) is 31.6 Å². The van der Waals surface area contributed by atoms with Gasteiger partial charge >= 0.3 is 0 Å². The standard InChI is InChI=1S/C28H29NS.C2H6O/c1-21-10-8-13-24(18-21)20-30-27-16-7-6-14-26(27)28-25(15-9-17-29-28)22(2)19-23-11-4-3-5-12-23;1-3-2/h3-8,10-14,16,18,25H,2,9,15,17,19-20H2,1H3;1-2H3. The van der Waals surface area contributed by atoms with Crippen molar-refractivity contribution in [3.8, 4) is 0 Å². The molecule has 1 aliphatic heterocycles. The van der Waals surface area contributed by atoms with Crippen molar-refractivity contribution in [3.05, 3.63) is 113 Å². The van der Waals surface area contributed by atoms with Gasteiger partial charge in [-0.15, -0.1) is 11.8 Å². The van der Waals surface area contributed by atoms with E-state index < -0.39 is 0 Å². The summed E-state index contributed by atoms with van der Waals surface area (Å²) in [4.78, 5) is 6.33. The van der Waals surface area contributed by atoms with Crippen LogP contribution < -0.4 is 0 Å². The van der Waals surface area contributed by atoms with Crippen LogP contribution in [0, 0.1) is 12.8 Å². The first-order valence-corrected chi connectivity index (χ1v) is 12.5. The van der Waals surface area contributed by atoms with Crippen LogP contribution in [0.4, 0.5) is 0 Å². The second-order valence-corrected chi connectivity index (χ2v) is 9.48. The van der Waals surface area contributed by atoms with Gasteiger partial charge in [-0.1, -0.05) is 90.5 Å². The predicted molar refractivity (Wildman–Crippen MR) is 144 cm³/mol. The van der Waals surface area contributed by atoms with E-state index in [0.29, 0.717) is 5.92 Å². The van der Waals surface area contributed by atoms with Gasteiger partial charge in [-0.2, -0.15) is 0 Å². The molecule has 0 fully saturated rings. The van der Waals surface area contributed by atoms with Gasteiger partial charge in [0.05, 0.1) is 5.71 Å². The largest absolute Gasteiger partial charge is 0.388 e. The molecule has 1 heterocycles. The van der Waals surface area contributed by atoms with Gasteiger partial charge in [0.1, 0.15) is 0 Å². The molecule has 3 heteroatoms. The second-order valence-electron chi connectivity index (χ2n) is 8.46. The fourth-order valence-electron chi connectivity index (χ4n) is 4.16. The smallest absolute Gasteiger partial charge is 0.0503 e. The van der Waals surface area contributed by atoms with Crippen molar-refractivity contribution in [3.63, 3.8) is 0 Å². The van der Waals surface area contributed by atoms with Crippen LogP contribution in [0.1, 0.15) is 35.1 Å². The molecule has 1 atom stereocenters. The number of nitrogens with zero attached hydrogens (tertiary/aromatic N) is 1. The number of thioether (sulfide) groups is 1. The van der Waals surface area contributed by atoms with Crippen molar-refractivity contribution in [2.24, 2.45) is 10.9 Å². The van der Waals surface area contributed by atoms with Gasteiger partial charge in [0, 0.05) is 42.9 Å². The monoisotopic (exact) mass is 457 g/mol. The molecule has 1 unspecified atom stereocenters. The number of rotatable bonds is 7. The minimum atomic E-state index is 0.333. The molecule has 33 heavy (non-hydrogen) atoms. The summed E-state index contributed by atoms with van der Waals surface area (Å²) < 4.78 is 4.25. The molecule has 0 aromatic heterocycles. The van der Waals surface area contributed by atoms with Crippen LogP contribution in [-0.2, 0) is 16.9 Å². The Bertz CT molecular complexity index is 1060. The molecule has 4 rings (SSSR count). The van der Waals surface area contributed by atoms with Crippen LogP contribution in [0.3, 0.4) is 0 Å². The lowest BCUT2D eigenvalue weighted by atomic mass is 9.82. The summed E-state index contributed by atoms with van der Waals surface area (Å²) in [5.41, 5.74) is 7.80. The Morgan fingerprint density at radius 1 is 0.970 bits per heavy atom. The lowest BCUT2D eigenvalue weighted by Gasteiger charge is -2.27. The molecular weight excluding hydrogens is 422 g/mol. The zero-order chi connectivity index (χ0) is 23.5. The van der Waals surface area contributed by atoms with Gasteiger partial charge in [0.25, 0.3) is 0 Å². The third kappa shape index (κ3) is 7.45. The number of methoxy groups -OCH3 is 1. The highest BCUT2D eigenvalue weighted by Gasteiger charge is 2.25. The number of hydrogen-bond acceptors (Lipinski definition) is 3. The van der Waals surface area contributed by atoms with Crippen LogP contribution in [0.2, 0.25) is 0 Å². The number of aliphatic imine (C=N–C) groups is 1. The van der Waals surface area contributed by atoms with E-state index in [4.69, 9.17) is 4.99 Å². The summed E-state index contributed by atoms with van der Waals surface area (Å²) in [6.45, 7) is 7.57. The van der Waals surface area contributed by atoms with Crippen LogP contribution in [0.5, 0.6) is 0 Å². The van der Waals surface area contributed by atoms with Crippen molar-refractivity contribution >= 4 is 17.5 Å². The van der Waals surface area contributed by atoms with Crippen molar-refractivity contribution in [1.82, 2.24) is 0 Å². The number of hydrogen-bond donors (Lipinski definition) is 0. The SMILES string of the molecule is C=C(Cc1ccccc1)C1CCCN=C1c1ccccc1SCc1cccc(C)c1.COC. The van der Waals surface area contributed by atoms with Crippen molar-refractivity contribution in [2.45, 2.75) is 36.8 Å². The molecule has 0 amide bonds. The lowest BCUT2D eigenvalue weighted by molar-refractivity contribution is 0.277. The minimum Gasteiger partial charge on any atom is -0.388 e. The molecule has 0 aliphatic carbocycles. The zero-order valence-corrected chi connectivity index (χ0v) is 20.9. The van der Waals surface area contributed by atoms with Gasteiger partial charge < -0.3 is 4.74 Å². The Morgan fingerprint density at radius 2 is 1.67 bits per heavy atom. The highest BCUT2D eigenvalue weighted by Crippen LogP contribution is 2.33. The van der Waals surface area contributed by atoms with E-state index in [2.05, 4.69) is 97.1 Å². The molecular formula is C30H35NOS. The van der Waals surface area contributed by atoms with Crippen molar-refractivity contribution < 1.29 is 4.74 Å². The Kier molecular flexibility index (Phi) is 9.99. The number of benzene rings is 3. The first-order valence-electron chi connectivity index (χ1n) is 11.6. The average molecular weight is 458 g/mol. The summed E-state index contributed by atoms with van der Waals surface area (Å²) in [5.74, 6) is 1.31. The third-order valence-electron chi connectivity index (χ3n) is 5.67. The maximum Gasteiger partial charge on any atom is 0.0503 e. The zero-order valence-electron chi connectivity index (χ0n) is 20.1. The summed E-state index contributed by atoms with van der Waals surface area (Å²) in [7, 11) is 3.25. The first kappa shape index (κ1) is 25.0. The summed E-state index contributed by atoms with van der Waals surface area (Å²) in [6, 6.07) is 28.2. The van der Waals surface area contributed by atoms with Gasteiger partial charge in [0.2, 0.25) is 0 Å². The van der Waals surface area contributed by atoms with E-state index in [1.807, 2.05) is 11.8 Å². The number of allylic oxidation sites excluding steroid dienone is 1. The van der Waals surface area contributed by atoms with Gasteiger partial charge in [0.15, 0.2) is 0 Å². The van der Waals surface area contributed by atoms with Crippen LogP contribution in [-0.4, -0.2) is 26.5 Å². The van der Waals surface area contributed by atoms with E-state index in [1.165, 1.54) is 38.4 Å². The molecule has 2 nitrogen and oxygen atoms in total. The van der Waals surface area contributed by atoms with E-state index in [9.17, 15) is 0 Å². The Morgan fingerprint density at radius 3 is 2.42 bits per heavy atom. The molecule has 0 saturated carbocycles. The number of ether oxygens (including phenoxy) is 1. The quantitative estimate of drug-likeness (QED) is 0.270. The molecule has 0 saturated heterocycles. The molecule has 3 aromatic carbocycles. The topological polar surface area (TPSA) is 21.6 Å². The Balaban J connectivity index is 0.000000968. The van der Waals surface area contributed by atoms with Crippen molar-refractivity contribution in [2.75, 3.05) is 20.8 Å². The fraction of sp³-hybridized carbons (Fsp3) is 0.300. The molecule has 3 aromatic rings. The van der Waals surface area contributed by atoms with Crippen LogP contribution >= 0.6 is 11.8 Å². The van der Waals surface area contributed by atoms with Crippen molar-refractivity contribution in [1.29, 1.82) is 0 Å². The average Bonchev–Trinajstić information content (AvgIpc) is 2.84. The normalized spacial score (nSPS) is 15.2. The molecule has 0 spiro atoms. The molecule has 0 radical (unpaired) electrons. The van der Waals surface area contributed by atoms with E-state index >= 15 is 0 Å². The summed E-state index contributed by atoms with van der Waals surface area (Å²) in [6.07, 6.45) is 3.20. The van der Waals surface area contributed by atoms with E-state index in [-0.39, 0.29) is 0 Å². The molecule has 1 aliphatic rings. The molecule has 0 bridgehead atoms. The lowest BCUT2D eigenvalue weighted by Crippen LogP contribution is -2.24. The second kappa shape index (κ2) is 13.2. The van der Waals surface area contributed by atoms with Gasteiger partial charge in [-0.3, -0.25) is 4.99 Å². The maximum absolute atomic E-state index is 5.02. The van der Waals surface area contributed by atoms with E-state index in [1.54, 1.807) is 14.2 Å². The Hall–Kier alpha value is -2.62. The van der Waals surface area contributed by atoms with Crippen LogP contribution in [0.25, 0.3) is 0 Å². The van der Waals surface area contributed by atoms with Gasteiger partial charge in [-0.05, 0) is 43.4 Å². The summed E-state index contributed by atoms with van der Waals surface area (Å²) >= 11 is 1.91. The van der Waals surface area contributed by atoms with Crippen LogP contribution in [0.15, 0.2) is 101 Å². The number of aryl methyl sites for hydroxylation is 1. The highest BCUT2D eigenvalue weighted by atomic mass is 32.2. The Labute approximate surface area is 203 Å². The van der Waals surface area contributed by atoms with Gasteiger partial charge in [-0.25, -0.2) is 0 Å². The molecule has 172 valence electrons. The predicted octanol–water partition coefficient (Wildman–Crippen LogP) is 7.55. The fourth-order valence-corrected chi connectivity index (χ4v) is 5.17. The highest BCUT2D eigenvalue weighted by molar-refractivity contribution is 7.98. The summed E-state index contributed by atoms with van der Waals surface area (Å²) in [5, 5.41) is 0. The first-order chi connectivity index (χ1) is 16.1. The maximum atomic E-state index is 5.02. The molecule has 0 N–H and O–H groups in total. The third-order valence-corrected chi connectivity index (χ3v) is 6.81.